The quantitative estimate of drug-likeness (QED) is 0.257. The number of carbonyl (C=O) groups excluding carboxylic acids is 2. The molecule has 6 rings (SSSR count). The van der Waals surface area contributed by atoms with Crippen molar-refractivity contribution in [1.29, 1.82) is 0 Å². The smallest absolute Gasteiger partial charge is 0.417 e. The van der Waals surface area contributed by atoms with Crippen LogP contribution in [0, 0.1) is 5.82 Å². The van der Waals surface area contributed by atoms with Crippen LogP contribution in [0.1, 0.15) is 79.7 Å². The van der Waals surface area contributed by atoms with Gasteiger partial charge in [-0.05, 0) is 89.9 Å². The summed E-state index contributed by atoms with van der Waals surface area (Å²) < 4.78 is 26.9. The molecule has 1 fully saturated rings. The van der Waals surface area contributed by atoms with Crippen molar-refractivity contribution in [2.45, 2.75) is 64.6 Å². The number of hydrogen-bond acceptors (Lipinski definition) is 8. The Morgan fingerprint density at radius 2 is 1.91 bits per heavy atom. The molecule has 3 aromatic heterocycles. The number of rotatable bonds is 6. The van der Waals surface area contributed by atoms with E-state index >= 15 is 0 Å². The molecule has 0 spiro atoms. The molecule has 1 atom stereocenters. The molecule has 2 aliphatic heterocycles. The number of nitrogens with zero attached hydrogens (tertiary/aromatic N) is 5. The average molecular weight is 615 g/mol. The highest BCUT2D eigenvalue weighted by atomic mass is 19.1. The topological polar surface area (TPSA) is 101 Å². The van der Waals surface area contributed by atoms with E-state index in [1.165, 1.54) is 17.7 Å². The number of benzene rings is 1. The maximum Gasteiger partial charge on any atom is 0.417 e. The molecular formula is C34H39FN6O4. The van der Waals surface area contributed by atoms with Crippen molar-refractivity contribution in [1.82, 2.24) is 24.2 Å². The van der Waals surface area contributed by atoms with Gasteiger partial charge in [-0.25, -0.2) is 24.1 Å². The average Bonchev–Trinajstić information content (AvgIpc) is 3.57. The lowest BCUT2D eigenvalue weighted by atomic mass is 9.88. The van der Waals surface area contributed by atoms with E-state index in [9.17, 15) is 14.0 Å². The lowest BCUT2D eigenvalue weighted by molar-refractivity contribution is 0.0248. The summed E-state index contributed by atoms with van der Waals surface area (Å²) in [7, 11) is 4.06. The number of pyridine rings is 2. The van der Waals surface area contributed by atoms with Gasteiger partial charge in [-0.15, -0.1) is 0 Å². The number of hydrogen-bond donors (Lipinski definition) is 1. The fourth-order valence-corrected chi connectivity index (χ4v) is 6.01. The van der Waals surface area contributed by atoms with Crippen LogP contribution in [-0.2, 0) is 16.0 Å². The van der Waals surface area contributed by atoms with Gasteiger partial charge in [0.1, 0.15) is 22.9 Å². The van der Waals surface area contributed by atoms with Crippen molar-refractivity contribution in [3.8, 4) is 11.3 Å². The van der Waals surface area contributed by atoms with E-state index < -0.39 is 23.4 Å². The number of imide groups is 1. The Labute approximate surface area is 262 Å². The zero-order valence-corrected chi connectivity index (χ0v) is 26.6. The van der Waals surface area contributed by atoms with Crippen LogP contribution < -0.4 is 5.32 Å². The van der Waals surface area contributed by atoms with Crippen molar-refractivity contribution in [2.75, 3.05) is 32.6 Å². The third kappa shape index (κ3) is 6.02. The molecule has 0 bridgehead atoms. The fraction of sp³-hybridized carbons (Fsp3) is 0.412. The second kappa shape index (κ2) is 11.9. The summed E-state index contributed by atoms with van der Waals surface area (Å²) in [5.74, 6) is 0.0978. The lowest BCUT2D eigenvalue weighted by Crippen LogP contribution is -2.37. The first-order chi connectivity index (χ1) is 21.4. The van der Waals surface area contributed by atoms with E-state index in [-0.39, 0.29) is 12.6 Å². The number of fused-ring (bicyclic) bond motifs is 2. The third-order valence-corrected chi connectivity index (χ3v) is 8.50. The molecule has 0 aliphatic carbocycles. The Morgan fingerprint density at radius 3 is 2.62 bits per heavy atom. The second-order valence-corrected chi connectivity index (χ2v) is 12.9. The number of amides is 2. The van der Waals surface area contributed by atoms with Crippen LogP contribution in [0.2, 0.25) is 0 Å². The van der Waals surface area contributed by atoms with E-state index in [1.54, 1.807) is 37.6 Å². The molecule has 1 saturated heterocycles. The van der Waals surface area contributed by atoms with Gasteiger partial charge >= 0.3 is 6.09 Å². The van der Waals surface area contributed by atoms with Crippen LogP contribution in [0.25, 0.3) is 16.9 Å². The van der Waals surface area contributed by atoms with Crippen molar-refractivity contribution in [3.63, 3.8) is 0 Å². The normalized spacial score (nSPS) is 16.4. The molecule has 236 valence electrons. The monoisotopic (exact) mass is 614 g/mol. The summed E-state index contributed by atoms with van der Waals surface area (Å²) >= 11 is 0. The van der Waals surface area contributed by atoms with Gasteiger partial charge in [0, 0.05) is 37.1 Å². The van der Waals surface area contributed by atoms with Gasteiger partial charge in [0.25, 0.3) is 5.91 Å². The molecule has 1 aromatic carbocycles. The van der Waals surface area contributed by atoms with Gasteiger partial charge in [0.2, 0.25) is 0 Å². The minimum absolute atomic E-state index is 0.0153. The first-order valence-corrected chi connectivity index (χ1v) is 15.3. The summed E-state index contributed by atoms with van der Waals surface area (Å²) in [4.78, 5) is 39.9. The molecule has 0 radical (unpaired) electrons. The maximum atomic E-state index is 14.0. The van der Waals surface area contributed by atoms with Crippen LogP contribution in [0.5, 0.6) is 0 Å². The Morgan fingerprint density at radius 1 is 1.16 bits per heavy atom. The highest BCUT2D eigenvalue weighted by molar-refractivity contribution is 6.11. The minimum Gasteiger partial charge on any atom is -0.443 e. The van der Waals surface area contributed by atoms with Crippen LogP contribution in [-0.4, -0.2) is 69.1 Å². The zero-order chi connectivity index (χ0) is 32.0. The van der Waals surface area contributed by atoms with Gasteiger partial charge in [-0.1, -0.05) is 12.1 Å². The molecule has 0 unspecified atom stereocenters. The van der Waals surface area contributed by atoms with Gasteiger partial charge in [0.05, 0.1) is 35.4 Å². The van der Waals surface area contributed by atoms with Gasteiger partial charge < -0.3 is 19.7 Å². The number of anilines is 2. The molecule has 5 heterocycles. The first-order valence-electron chi connectivity index (χ1n) is 15.3. The fourth-order valence-electron chi connectivity index (χ4n) is 6.01. The number of ether oxygens (including phenoxy) is 2. The van der Waals surface area contributed by atoms with E-state index in [1.807, 2.05) is 32.3 Å². The summed E-state index contributed by atoms with van der Waals surface area (Å²) in [6, 6.07) is 10.5. The molecule has 0 saturated carbocycles. The highest BCUT2D eigenvalue weighted by Gasteiger charge is 2.39. The molecule has 2 amide bonds. The zero-order valence-electron chi connectivity index (χ0n) is 26.6. The predicted octanol–water partition coefficient (Wildman–Crippen LogP) is 6.69. The molecule has 4 aromatic rings. The third-order valence-electron chi connectivity index (χ3n) is 8.50. The summed E-state index contributed by atoms with van der Waals surface area (Å²) in [5, 5.41) is 3.40. The van der Waals surface area contributed by atoms with Crippen LogP contribution in [0.15, 0.2) is 48.8 Å². The van der Waals surface area contributed by atoms with E-state index in [4.69, 9.17) is 14.5 Å². The van der Waals surface area contributed by atoms with Crippen LogP contribution in [0.3, 0.4) is 0 Å². The number of halogens is 1. The van der Waals surface area contributed by atoms with E-state index in [0.29, 0.717) is 45.5 Å². The SMILES string of the molecule is C[C@H](c1nc(Nc2ccc(-c3cnc4cc(F)ccn34)c3c2C(=O)N(C(=O)OC(C)(C)C)C3)ccc1C1CCOCC1)N(C)C. The summed E-state index contributed by atoms with van der Waals surface area (Å²) in [6.07, 6.45) is 4.42. The van der Waals surface area contributed by atoms with E-state index in [0.717, 1.165) is 36.6 Å². The minimum atomic E-state index is -0.780. The number of nitrogens with one attached hydrogen (secondary N) is 1. The van der Waals surface area contributed by atoms with Gasteiger partial charge in [0.15, 0.2) is 0 Å². The van der Waals surface area contributed by atoms with Crippen LogP contribution >= 0.6 is 0 Å². The van der Waals surface area contributed by atoms with Crippen molar-refractivity contribution in [3.05, 3.63) is 77.0 Å². The highest BCUT2D eigenvalue weighted by Crippen LogP contribution is 2.40. The standard InChI is InChI=1S/C34H39FN6O4/c1-20(39(5)6)31-23(21-12-15-44-16-13-21)8-10-28(38-31)37-26-9-7-24(27-18-36-29-17-22(35)11-14-40(27)29)25-19-41(32(42)30(25)26)33(43)45-34(2,3)4/h7-11,14,17-18,20-21H,12-13,15-16,19H2,1-6H3,(H,37,38)/t20-/m1/s1. The molecule has 11 heteroatoms. The van der Waals surface area contributed by atoms with Gasteiger partial charge in [-0.2, -0.15) is 0 Å². The molecule has 2 aliphatic rings. The Hall–Kier alpha value is -4.35. The predicted molar refractivity (Wildman–Crippen MR) is 169 cm³/mol. The molecule has 1 N–H and O–H groups in total. The van der Waals surface area contributed by atoms with Crippen LogP contribution in [0.4, 0.5) is 20.7 Å². The maximum absolute atomic E-state index is 14.0. The second-order valence-electron chi connectivity index (χ2n) is 12.9. The summed E-state index contributed by atoms with van der Waals surface area (Å²) in [6.45, 7) is 8.89. The van der Waals surface area contributed by atoms with E-state index in [2.05, 4.69) is 28.2 Å². The van der Waals surface area contributed by atoms with Crippen molar-refractivity contribution >= 4 is 29.2 Å². The lowest BCUT2D eigenvalue weighted by Gasteiger charge is -2.28. The number of aromatic nitrogens is 3. The summed E-state index contributed by atoms with van der Waals surface area (Å²) in [5.41, 5.74) is 4.75. The Balaban J connectivity index is 1.43. The van der Waals surface area contributed by atoms with Crippen molar-refractivity contribution < 1.29 is 23.5 Å². The molecule has 45 heavy (non-hydrogen) atoms. The number of imidazole rings is 1. The molecule has 10 nitrogen and oxygen atoms in total. The Kier molecular flexibility index (Phi) is 8.09. The number of carbonyl (C=O) groups is 2. The first kappa shape index (κ1) is 30.7. The Bertz CT molecular complexity index is 1770. The van der Waals surface area contributed by atoms with Crippen molar-refractivity contribution in [2.24, 2.45) is 0 Å². The largest absolute Gasteiger partial charge is 0.443 e. The molecular weight excluding hydrogens is 575 g/mol. The van der Waals surface area contributed by atoms with Gasteiger partial charge in [-0.3, -0.25) is 9.20 Å².